The van der Waals surface area contributed by atoms with Gasteiger partial charge in [0.1, 0.15) is 0 Å². The summed E-state index contributed by atoms with van der Waals surface area (Å²) in [5, 5.41) is 7.41. The maximum absolute atomic E-state index is 12.5. The van der Waals surface area contributed by atoms with Crippen molar-refractivity contribution in [2.45, 2.75) is 39.2 Å². The van der Waals surface area contributed by atoms with Crippen LogP contribution in [0.5, 0.6) is 0 Å². The molecule has 8 nitrogen and oxygen atoms in total. The zero-order chi connectivity index (χ0) is 22.2. The normalized spacial score (nSPS) is 22.8. The van der Waals surface area contributed by atoms with Gasteiger partial charge in [-0.3, -0.25) is 9.59 Å². The van der Waals surface area contributed by atoms with Crippen molar-refractivity contribution in [3.8, 4) is 5.69 Å². The Morgan fingerprint density at radius 3 is 2.58 bits per heavy atom. The van der Waals surface area contributed by atoms with Gasteiger partial charge in [-0.25, -0.2) is 13.1 Å². The third kappa shape index (κ3) is 4.81. The molecule has 1 N–H and O–H groups in total. The number of nitrogens with zero attached hydrogens (tertiary/aromatic N) is 3. The molecule has 9 heteroatoms. The van der Waals surface area contributed by atoms with Crippen LogP contribution in [-0.2, 0) is 25.8 Å². The van der Waals surface area contributed by atoms with Crippen LogP contribution in [0.1, 0.15) is 29.8 Å². The van der Waals surface area contributed by atoms with Crippen molar-refractivity contribution in [2.75, 3.05) is 24.6 Å². The van der Waals surface area contributed by atoms with E-state index in [2.05, 4.69) is 10.4 Å². The lowest BCUT2D eigenvalue weighted by Gasteiger charge is -2.22. The number of sulfone groups is 1. The lowest BCUT2D eigenvalue weighted by molar-refractivity contribution is -0.130. The molecule has 0 saturated carbocycles. The number of rotatable bonds is 6. The third-order valence-corrected chi connectivity index (χ3v) is 7.83. The van der Waals surface area contributed by atoms with Crippen LogP contribution < -0.4 is 5.32 Å². The summed E-state index contributed by atoms with van der Waals surface area (Å²) in [4.78, 5) is 26.4. The molecule has 0 spiro atoms. The summed E-state index contributed by atoms with van der Waals surface area (Å²) >= 11 is 0. The first kappa shape index (κ1) is 21.5. The number of carbonyl (C=O) groups excluding carboxylic acids is 2. The van der Waals surface area contributed by atoms with Gasteiger partial charge in [-0.15, -0.1) is 0 Å². The molecule has 31 heavy (non-hydrogen) atoms. The molecule has 2 aliphatic heterocycles. The Labute approximate surface area is 182 Å². The molecule has 2 amide bonds. The molecule has 2 saturated heterocycles. The Bertz CT molecular complexity index is 1090. The SMILES string of the molecule is Cc1cc(C)n(-c2ccc(CCNC(=O)[C@@H]3CC(=O)N([C@@H]4CCS(=O)(=O)C4)C3)cc2)n1. The fourth-order valence-corrected chi connectivity index (χ4v) is 6.18. The molecule has 2 atom stereocenters. The first-order valence-corrected chi connectivity index (χ1v) is 12.4. The highest BCUT2D eigenvalue weighted by molar-refractivity contribution is 7.91. The van der Waals surface area contributed by atoms with Gasteiger partial charge in [0.25, 0.3) is 0 Å². The van der Waals surface area contributed by atoms with E-state index in [0.29, 0.717) is 25.9 Å². The van der Waals surface area contributed by atoms with Gasteiger partial charge in [0.15, 0.2) is 9.84 Å². The lowest BCUT2D eigenvalue weighted by Crippen LogP contribution is -2.39. The summed E-state index contributed by atoms with van der Waals surface area (Å²) in [5.74, 6) is -0.542. The summed E-state index contributed by atoms with van der Waals surface area (Å²) in [6.45, 7) is 4.78. The number of benzene rings is 1. The third-order valence-electron chi connectivity index (χ3n) is 6.08. The van der Waals surface area contributed by atoms with Crippen LogP contribution in [0.4, 0.5) is 0 Å². The van der Waals surface area contributed by atoms with Crippen LogP contribution in [0.15, 0.2) is 30.3 Å². The zero-order valence-electron chi connectivity index (χ0n) is 17.9. The Kier molecular flexibility index (Phi) is 5.88. The fraction of sp³-hybridized carbons (Fsp3) is 0.500. The number of hydrogen-bond acceptors (Lipinski definition) is 5. The second-order valence-electron chi connectivity index (χ2n) is 8.55. The van der Waals surface area contributed by atoms with Gasteiger partial charge in [0.2, 0.25) is 11.8 Å². The average molecular weight is 445 g/mol. The van der Waals surface area contributed by atoms with Crippen LogP contribution in [0.25, 0.3) is 5.69 Å². The first-order valence-electron chi connectivity index (χ1n) is 10.6. The minimum absolute atomic E-state index is 0.0146. The minimum Gasteiger partial charge on any atom is -0.355 e. The molecule has 0 bridgehead atoms. The minimum atomic E-state index is -3.06. The summed E-state index contributed by atoms with van der Waals surface area (Å²) in [6.07, 6.45) is 1.31. The molecule has 4 rings (SSSR count). The number of carbonyl (C=O) groups is 2. The van der Waals surface area contributed by atoms with E-state index < -0.39 is 15.8 Å². The summed E-state index contributed by atoms with van der Waals surface area (Å²) in [7, 11) is -3.06. The van der Waals surface area contributed by atoms with Gasteiger partial charge in [-0.2, -0.15) is 5.10 Å². The molecular weight excluding hydrogens is 416 g/mol. The second-order valence-corrected chi connectivity index (χ2v) is 10.8. The molecule has 1 aromatic carbocycles. The standard InChI is InChI=1S/C22H28N4O4S/c1-15-11-16(2)26(24-15)19-5-3-17(4-6-19)7-9-23-22(28)18-12-21(27)25(13-18)20-8-10-31(29,30)14-20/h3-6,11,18,20H,7-10,12-14H2,1-2H3,(H,23,28)/t18-,20-/m1/s1. The van der Waals surface area contributed by atoms with E-state index in [-0.39, 0.29) is 35.8 Å². The van der Waals surface area contributed by atoms with Crippen molar-refractivity contribution < 1.29 is 18.0 Å². The van der Waals surface area contributed by atoms with Crippen LogP contribution in [0, 0.1) is 19.8 Å². The zero-order valence-corrected chi connectivity index (χ0v) is 18.7. The van der Waals surface area contributed by atoms with E-state index in [1.54, 1.807) is 4.90 Å². The molecule has 2 aliphatic rings. The molecule has 166 valence electrons. The number of amides is 2. The van der Waals surface area contributed by atoms with Crippen molar-refractivity contribution in [3.63, 3.8) is 0 Å². The van der Waals surface area contributed by atoms with Crippen LogP contribution in [0.3, 0.4) is 0 Å². The smallest absolute Gasteiger partial charge is 0.225 e. The van der Waals surface area contributed by atoms with Gasteiger partial charge in [0.05, 0.1) is 28.8 Å². The topological polar surface area (TPSA) is 101 Å². The summed E-state index contributed by atoms with van der Waals surface area (Å²) in [5.41, 5.74) is 4.15. The quantitative estimate of drug-likeness (QED) is 0.721. The number of nitrogens with one attached hydrogen (secondary N) is 1. The number of aryl methyl sites for hydroxylation is 2. The van der Waals surface area contributed by atoms with Crippen LogP contribution in [-0.4, -0.2) is 65.5 Å². The van der Waals surface area contributed by atoms with Crippen molar-refractivity contribution in [2.24, 2.45) is 5.92 Å². The molecule has 0 aliphatic carbocycles. The maximum atomic E-state index is 12.5. The predicted molar refractivity (Wildman–Crippen MR) is 117 cm³/mol. The van der Waals surface area contributed by atoms with Crippen LogP contribution >= 0.6 is 0 Å². The number of aromatic nitrogens is 2. The highest BCUT2D eigenvalue weighted by Crippen LogP contribution is 2.26. The van der Waals surface area contributed by atoms with Gasteiger partial charge >= 0.3 is 0 Å². The lowest BCUT2D eigenvalue weighted by atomic mass is 10.1. The number of hydrogen-bond donors (Lipinski definition) is 1. The fourth-order valence-electron chi connectivity index (χ4n) is 4.45. The maximum Gasteiger partial charge on any atom is 0.225 e. The highest BCUT2D eigenvalue weighted by Gasteiger charge is 2.41. The van der Waals surface area contributed by atoms with E-state index in [0.717, 1.165) is 22.6 Å². The Morgan fingerprint density at radius 1 is 1.23 bits per heavy atom. The summed E-state index contributed by atoms with van der Waals surface area (Å²) < 4.78 is 25.3. The van der Waals surface area contributed by atoms with Gasteiger partial charge in [0, 0.05) is 31.2 Å². The molecule has 0 radical (unpaired) electrons. The Hall–Kier alpha value is -2.68. The van der Waals surface area contributed by atoms with E-state index in [1.807, 2.05) is 48.9 Å². The molecular formula is C22H28N4O4S. The van der Waals surface area contributed by atoms with E-state index in [1.165, 1.54) is 0 Å². The molecule has 3 heterocycles. The van der Waals surface area contributed by atoms with Crippen molar-refractivity contribution in [3.05, 3.63) is 47.3 Å². The van der Waals surface area contributed by atoms with E-state index in [9.17, 15) is 18.0 Å². The summed E-state index contributed by atoms with van der Waals surface area (Å²) in [6, 6.07) is 9.83. The highest BCUT2D eigenvalue weighted by atomic mass is 32.2. The van der Waals surface area contributed by atoms with Crippen molar-refractivity contribution in [1.29, 1.82) is 0 Å². The average Bonchev–Trinajstić information content (AvgIpc) is 3.38. The van der Waals surface area contributed by atoms with E-state index >= 15 is 0 Å². The molecule has 2 aromatic rings. The molecule has 0 unspecified atom stereocenters. The first-order chi connectivity index (χ1) is 14.7. The largest absolute Gasteiger partial charge is 0.355 e. The molecule has 1 aromatic heterocycles. The Morgan fingerprint density at radius 2 is 1.97 bits per heavy atom. The monoisotopic (exact) mass is 444 g/mol. The van der Waals surface area contributed by atoms with Gasteiger partial charge < -0.3 is 10.2 Å². The predicted octanol–water partition coefficient (Wildman–Crippen LogP) is 1.18. The van der Waals surface area contributed by atoms with Gasteiger partial charge in [-0.1, -0.05) is 12.1 Å². The second kappa shape index (κ2) is 8.45. The van der Waals surface area contributed by atoms with E-state index in [4.69, 9.17) is 0 Å². The Balaban J connectivity index is 1.27. The van der Waals surface area contributed by atoms with Crippen molar-refractivity contribution in [1.82, 2.24) is 20.0 Å². The van der Waals surface area contributed by atoms with Crippen molar-refractivity contribution >= 4 is 21.7 Å². The van der Waals surface area contributed by atoms with Gasteiger partial charge in [-0.05, 0) is 50.5 Å². The van der Waals surface area contributed by atoms with Crippen LogP contribution in [0.2, 0.25) is 0 Å². The molecule has 2 fully saturated rings. The number of likely N-dealkylation sites (tertiary alicyclic amines) is 1.